The molecule has 0 bridgehead atoms. The summed E-state index contributed by atoms with van der Waals surface area (Å²) in [5.74, 6) is 4.63. The minimum Gasteiger partial charge on any atom is -0.393 e. The molecular formula is C31H54O4. The highest BCUT2D eigenvalue weighted by molar-refractivity contribution is 4.97. The summed E-state index contributed by atoms with van der Waals surface area (Å²) >= 11 is 0. The van der Waals surface area contributed by atoms with Crippen molar-refractivity contribution in [1.82, 2.24) is 0 Å². The standard InChI is InChI=1S/C31H54O4/c32-27-14-11-22(17-25(27)20-7-3-1-4-8-20)31(24-13-16-29(34)30(35)19-24)23-12-15-28(33)26(18-23)21-9-5-2-6-10-21/h20-35H,1-19H2. The molecule has 9 atom stereocenters. The first-order valence-electron chi connectivity index (χ1n) is 15.7. The van der Waals surface area contributed by atoms with Crippen LogP contribution in [0.5, 0.6) is 0 Å². The van der Waals surface area contributed by atoms with Crippen LogP contribution in [0.25, 0.3) is 0 Å². The van der Waals surface area contributed by atoms with Crippen LogP contribution in [0.3, 0.4) is 0 Å². The van der Waals surface area contributed by atoms with Crippen LogP contribution in [0.1, 0.15) is 122 Å². The first-order valence-corrected chi connectivity index (χ1v) is 15.7. The molecule has 4 heteroatoms. The van der Waals surface area contributed by atoms with Gasteiger partial charge in [-0.3, -0.25) is 0 Å². The van der Waals surface area contributed by atoms with Crippen LogP contribution in [-0.2, 0) is 0 Å². The molecule has 0 aromatic carbocycles. The normalized spacial score (nSPS) is 45.8. The maximum absolute atomic E-state index is 11.1. The SMILES string of the molecule is OC1CCC(C(C2CCC(O)C(C3CCCCC3)C2)C2CCC(O)C(C3CCCCC3)C2)CC1O. The Labute approximate surface area is 214 Å². The Morgan fingerprint density at radius 3 is 1.20 bits per heavy atom. The van der Waals surface area contributed by atoms with Crippen LogP contribution < -0.4 is 0 Å². The summed E-state index contributed by atoms with van der Waals surface area (Å²) in [7, 11) is 0. The molecule has 0 aromatic heterocycles. The highest BCUT2D eigenvalue weighted by Crippen LogP contribution is 2.52. The van der Waals surface area contributed by atoms with Gasteiger partial charge in [-0.1, -0.05) is 64.2 Å². The second-order valence-corrected chi connectivity index (χ2v) is 13.7. The molecule has 0 radical (unpaired) electrons. The van der Waals surface area contributed by atoms with Crippen LogP contribution in [0.4, 0.5) is 0 Å². The van der Waals surface area contributed by atoms with Gasteiger partial charge in [0.1, 0.15) is 0 Å². The van der Waals surface area contributed by atoms with E-state index in [1.165, 1.54) is 77.0 Å². The average molecular weight is 491 g/mol. The fraction of sp³-hybridized carbons (Fsp3) is 1.00. The molecule has 5 saturated carbocycles. The van der Waals surface area contributed by atoms with E-state index >= 15 is 0 Å². The number of aliphatic hydroxyl groups is 4. The van der Waals surface area contributed by atoms with Gasteiger partial charge in [0.05, 0.1) is 24.4 Å². The Bertz CT molecular complexity index is 600. The lowest BCUT2D eigenvalue weighted by Gasteiger charge is -2.50. The molecule has 5 fully saturated rings. The quantitative estimate of drug-likeness (QED) is 0.390. The van der Waals surface area contributed by atoms with Gasteiger partial charge in [-0.15, -0.1) is 0 Å². The van der Waals surface area contributed by atoms with Gasteiger partial charge < -0.3 is 20.4 Å². The van der Waals surface area contributed by atoms with E-state index in [-0.39, 0.29) is 12.2 Å². The highest BCUT2D eigenvalue weighted by Gasteiger charge is 2.47. The van der Waals surface area contributed by atoms with Gasteiger partial charge in [0.15, 0.2) is 0 Å². The zero-order chi connectivity index (χ0) is 24.4. The van der Waals surface area contributed by atoms with E-state index in [2.05, 4.69) is 0 Å². The van der Waals surface area contributed by atoms with Crippen LogP contribution in [0.2, 0.25) is 0 Å². The Hall–Kier alpha value is -0.160. The van der Waals surface area contributed by atoms with E-state index in [1.54, 1.807) is 0 Å². The second-order valence-electron chi connectivity index (χ2n) is 13.7. The first kappa shape index (κ1) is 26.4. The summed E-state index contributed by atoms with van der Waals surface area (Å²) in [5.41, 5.74) is 0. The molecule has 5 aliphatic rings. The van der Waals surface area contributed by atoms with Crippen molar-refractivity contribution in [1.29, 1.82) is 0 Å². The molecule has 9 unspecified atom stereocenters. The summed E-state index contributed by atoms with van der Waals surface area (Å²) in [6, 6.07) is 0. The van der Waals surface area contributed by atoms with E-state index in [0.717, 1.165) is 44.9 Å². The molecule has 4 N–H and O–H groups in total. The monoisotopic (exact) mass is 490 g/mol. The van der Waals surface area contributed by atoms with Crippen molar-refractivity contribution in [2.24, 2.45) is 47.3 Å². The fourth-order valence-electron chi connectivity index (χ4n) is 9.95. The van der Waals surface area contributed by atoms with Crippen LogP contribution in [0, 0.1) is 47.3 Å². The number of hydrogen-bond donors (Lipinski definition) is 4. The third-order valence-corrected chi connectivity index (χ3v) is 11.8. The van der Waals surface area contributed by atoms with Gasteiger partial charge in [-0.05, 0) is 105 Å². The molecule has 0 amide bonds. The van der Waals surface area contributed by atoms with Crippen LogP contribution in [0.15, 0.2) is 0 Å². The van der Waals surface area contributed by atoms with Crippen molar-refractivity contribution in [3.8, 4) is 0 Å². The molecule has 4 nitrogen and oxygen atoms in total. The van der Waals surface area contributed by atoms with Gasteiger partial charge in [-0.25, -0.2) is 0 Å². The maximum atomic E-state index is 11.1. The van der Waals surface area contributed by atoms with E-state index in [1.807, 2.05) is 0 Å². The van der Waals surface area contributed by atoms with E-state index in [9.17, 15) is 20.4 Å². The smallest absolute Gasteiger partial charge is 0.0801 e. The maximum Gasteiger partial charge on any atom is 0.0801 e. The first-order chi connectivity index (χ1) is 17.0. The van der Waals surface area contributed by atoms with Crippen LogP contribution >= 0.6 is 0 Å². The lowest BCUT2D eigenvalue weighted by Crippen LogP contribution is -2.46. The van der Waals surface area contributed by atoms with E-state index in [0.29, 0.717) is 47.3 Å². The predicted molar refractivity (Wildman–Crippen MR) is 140 cm³/mol. The molecule has 0 spiro atoms. The lowest BCUT2D eigenvalue weighted by molar-refractivity contribution is -0.0802. The molecule has 0 aliphatic heterocycles. The van der Waals surface area contributed by atoms with Gasteiger partial charge in [-0.2, -0.15) is 0 Å². The summed E-state index contributed by atoms with van der Waals surface area (Å²) in [4.78, 5) is 0. The molecule has 0 heterocycles. The van der Waals surface area contributed by atoms with Crippen molar-refractivity contribution in [3.05, 3.63) is 0 Å². The van der Waals surface area contributed by atoms with Crippen molar-refractivity contribution < 1.29 is 20.4 Å². The largest absolute Gasteiger partial charge is 0.393 e. The van der Waals surface area contributed by atoms with Gasteiger partial charge >= 0.3 is 0 Å². The van der Waals surface area contributed by atoms with Gasteiger partial charge in [0.25, 0.3) is 0 Å². The average Bonchev–Trinajstić information content (AvgIpc) is 2.89. The van der Waals surface area contributed by atoms with Crippen molar-refractivity contribution in [2.45, 2.75) is 146 Å². The molecule has 35 heavy (non-hydrogen) atoms. The van der Waals surface area contributed by atoms with E-state index < -0.39 is 12.2 Å². The topological polar surface area (TPSA) is 80.9 Å². The molecule has 0 saturated heterocycles. The lowest BCUT2D eigenvalue weighted by atomic mass is 9.56. The number of rotatable bonds is 5. The van der Waals surface area contributed by atoms with Gasteiger partial charge in [0, 0.05) is 0 Å². The Morgan fingerprint density at radius 2 is 0.771 bits per heavy atom. The fourth-order valence-corrected chi connectivity index (χ4v) is 9.95. The van der Waals surface area contributed by atoms with Crippen LogP contribution in [-0.4, -0.2) is 44.8 Å². The molecule has 202 valence electrons. The summed E-state index contributed by atoms with van der Waals surface area (Å²) in [5, 5.41) is 43.1. The van der Waals surface area contributed by atoms with Crippen molar-refractivity contribution >= 4 is 0 Å². The number of aliphatic hydroxyl groups excluding tert-OH is 4. The molecule has 0 aromatic rings. The third-order valence-electron chi connectivity index (χ3n) is 11.8. The second kappa shape index (κ2) is 12.1. The van der Waals surface area contributed by atoms with Crippen molar-refractivity contribution in [3.63, 3.8) is 0 Å². The minimum atomic E-state index is -0.581. The Balaban J connectivity index is 1.35. The number of hydrogen-bond acceptors (Lipinski definition) is 4. The summed E-state index contributed by atoms with van der Waals surface area (Å²) < 4.78 is 0. The van der Waals surface area contributed by atoms with Crippen molar-refractivity contribution in [2.75, 3.05) is 0 Å². The minimum absolute atomic E-state index is 0.128. The van der Waals surface area contributed by atoms with Gasteiger partial charge in [0.2, 0.25) is 0 Å². The van der Waals surface area contributed by atoms with E-state index in [4.69, 9.17) is 0 Å². The predicted octanol–water partition coefficient (Wildman–Crippen LogP) is 5.84. The molecule has 5 aliphatic carbocycles. The zero-order valence-electron chi connectivity index (χ0n) is 22.2. The molecule has 5 rings (SSSR count). The third kappa shape index (κ3) is 6.13. The summed E-state index contributed by atoms with van der Waals surface area (Å²) in [6.45, 7) is 0. The summed E-state index contributed by atoms with van der Waals surface area (Å²) in [6.07, 6.45) is 20.8. The zero-order valence-corrected chi connectivity index (χ0v) is 22.2. The highest BCUT2D eigenvalue weighted by atomic mass is 16.3. The Kier molecular flexibility index (Phi) is 9.17. The Morgan fingerprint density at radius 1 is 0.371 bits per heavy atom. The molecular weight excluding hydrogens is 436 g/mol.